The van der Waals surface area contributed by atoms with Gasteiger partial charge < -0.3 is 21.1 Å². The van der Waals surface area contributed by atoms with Gasteiger partial charge in [-0.3, -0.25) is 0 Å². The Morgan fingerprint density at radius 1 is 1.33 bits per heavy atom. The van der Waals surface area contributed by atoms with Gasteiger partial charge in [-0.05, 0) is 18.6 Å². The summed E-state index contributed by atoms with van der Waals surface area (Å²) < 4.78 is 5.56. The van der Waals surface area contributed by atoms with E-state index in [0.717, 1.165) is 25.3 Å². The Hall–Kier alpha value is -1.42. The van der Waals surface area contributed by atoms with E-state index in [1.54, 1.807) is 0 Å². The largest absolute Gasteiger partial charge is 0.397 e. The lowest BCUT2D eigenvalue weighted by Crippen LogP contribution is -2.37. The summed E-state index contributed by atoms with van der Waals surface area (Å²) in [6.45, 7) is 1.76. The smallest absolute Gasteiger partial charge is 0.0785 e. The molecule has 4 heteroatoms. The molecule has 15 heavy (non-hydrogen) atoms. The standard InChI is InChI=1S/C11H15N3O/c12-9-2-1-3-10(11(9)13)14-5-8-4-7(14)6-15-8/h1-3,7-8H,4-6,12-13H2/t7-,8-/m0/s1. The Balaban J connectivity index is 1.96. The van der Waals surface area contributed by atoms with Crippen LogP contribution in [0.2, 0.25) is 0 Å². The second-order valence-corrected chi connectivity index (χ2v) is 4.28. The highest BCUT2D eigenvalue weighted by Crippen LogP contribution is 2.37. The molecule has 0 radical (unpaired) electrons. The summed E-state index contributed by atoms with van der Waals surface area (Å²) in [6, 6.07) is 6.31. The zero-order valence-electron chi connectivity index (χ0n) is 8.52. The van der Waals surface area contributed by atoms with E-state index in [0.29, 0.717) is 23.5 Å². The van der Waals surface area contributed by atoms with Crippen LogP contribution in [0.1, 0.15) is 6.42 Å². The number of nitrogens with two attached hydrogens (primary N) is 2. The van der Waals surface area contributed by atoms with Crippen LogP contribution in [-0.4, -0.2) is 25.3 Å². The Morgan fingerprint density at radius 2 is 2.20 bits per heavy atom. The molecule has 2 heterocycles. The van der Waals surface area contributed by atoms with Crippen LogP contribution >= 0.6 is 0 Å². The highest BCUT2D eigenvalue weighted by atomic mass is 16.5. The van der Waals surface area contributed by atoms with Gasteiger partial charge in [-0.25, -0.2) is 0 Å². The average molecular weight is 205 g/mol. The van der Waals surface area contributed by atoms with Crippen molar-refractivity contribution in [3.05, 3.63) is 18.2 Å². The van der Waals surface area contributed by atoms with Crippen molar-refractivity contribution in [1.29, 1.82) is 0 Å². The average Bonchev–Trinajstić information content (AvgIpc) is 2.83. The highest BCUT2D eigenvalue weighted by molar-refractivity contribution is 5.80. The van der Waals surface area contributed by atoms with Crippen molar-refractivity contribution in [2.75, 3.05) is 29.5 Å². The van der Waals surface area contributed by atoms with E-state index in [1.807, 2.05) is 18.2 Å². The number of ether oxygens (including phenoxy) is 1. The molecule has 2 aliphatic heterocycles. The second kappa shape index (κ2) is 3.03. The van der Waals surface area contributed by atoms with Gasteiger partial charge in [-0.2, -0.15) is 0 Å². The number of hydrogen-bond acceptors (Lipinski definition) is 4. The molecule has 0 aliphatic carbocycles. The predicted molar refractivity (Wildman–Crippen MR) is 60.8 cm³/mol. The molecule has 2 atom stereocenters. The molecule has 0 saturated carbocycles. The molecule has 0 aromatic heterocycles. The molecule has 80 valence electrons. The first kappa shape index (κ1) is 8.85. The fraction of sp³-hybridized carbons (Fsp3) is 0.455. The molecule has 4 N–H and O–H groups in total. The summed E-state index contributed by atoms with van der Waals surface area (Å²) >= 11 is 0. The Bertz CT molecular complexity index is 393. The molecular weight excluding hydrogens is 190 g/mol. The zero-order valence-corrected chi connectivity index (χ0v) is 8.52. The number of anilines is 3. The van der Waals surface area contributed by atoms with Crippen LogP contribution in [0.5, 0.6) is 0 Å². The normalized spacial score (nSPS) is 28.7. The second-order valence-electron chi connectivity index (χ2n) is 4.28. The third kappa shape index (κ3) is 1.25. The minimum Gasteiger partial charge on any atom is -0.397 e. The topological polar surface area (TPSA) is 64.5 Å². The van der Waals surface area contributed by atoms with Gasteiger partial charge in [-0.15, -0.1) is 0 Å². The molecule has 2 saturated heterocycles. The summed E-state index contributed by atoms with van der Waals surface area (Å²) in [5.74, 6) is 0. The van der Waals surface area contributed by atoms with Crippen LogP contribution in [0.25, 0.3) is 0 Å². The molecule has 2 bridgehead atoms. The van der Waals surface area contributed by atoms with Gasteiger partial charge in [0, 0.05) is 6.54 Å². The SMILES string of the molecule is Nc1cccc(N2C[C@@H]3C[C@H]2CO3)c1N. The molecule has 1 aromatic carbocycles. The number of fused-ring (bicyclic) bond motifs is 2. The lowest BCUT2D eigenvalue weighted by molar-refractivity contribution is 0.0992. The van der Waals surface area contributed by atoms with E-state index in [1.165, 1.54) is 0 Å². The molecular formula is C11H15N3O. The van der Waals surface area contributed by atoms with E-state index in [4.69, 9.17) is 16.2 Å². The predicted octanol–water partition coefficient (Wildman–Crippen LogP) is 0.828. The van der Waals surface area contributed by atoms with Gasteiger partial charge in [0.25, 0.3) is 0 Å². The number of para-hydroxylation sites is 1. The monoisotopic (exact) mass is 205 g/mol. The minimum atomic E-state index is 0.385. The van der Waals surface area contributed by atoms with E-state index in [2.05, 4.69) is 4.90 Å². The Labute approximate surface area is 88.8 Å². The minimum absolute atomic E-state index is 0.385. The molecule has 0 spiro atoms. The fourth-order valence-corrected chi connectivity index (χ4v) is 2.52. The van der Waals surface area contributed by atoms with Crippen molar-refractivity contribution < 1.29 is 4.74 Å². The van der Waals surface area contributed by atoms with Crippen molar-refractivity contribution in [3.63, 3.8) is 0 Å². The molecule has 1 aromatic rings. The number of nitrogens with zero attached hydrogens (tertiary/aromatic N) is 1. The third-order valence-electron chi connectivity index (χ3n) is 3.33. The van der Waals surface area contributed by atoms with Crippen LogP contribution in [0, 0.1) is 0 Å². The summed E-state index contributed by atoms with van der Waals surface area (Å²) in [4.78, 5) is 2.32. The van der Waals surface area contributed by atoms with Crippen molar-refractivity contribution in [1.82, 2.24) is 0 Å². The number of hydrogen-bond donors (Lipinski definition) is 2. The summed E-state index contributed by atoms with van der Waals surface area (Å²) in [6.07, 6.45) is 1.50. The number of nitrogen functional groups attached to an aromatic ring is 2. The summed E-state index contributed by atoms with van der Waals surface area (Å²) in [5.41, 5.74) is 14.2. The Kier molecular flexibility index (Phi) is 1.79. The van der Waals surface area contributed by atoms with Crippen molar-refractivity contribution in [2.45, 2.75) is 18.6 Å². The molecule has 0 unspecified atom stereocenters. The maximum atomic E-state index is 5.99. The Morgan fingerprint density at radius 3 is 2.87 bits per heavy atom. The van der Waals surface area contributed by atoms with Crippen LogP contribution < -0.4 is 16.4 Å². The van der Waals surface area contributed by atoms with Crippen molar-refractivity contribution in [3.8, 4) is 0 Å². The van der Waals surface area contributed by atoms with Gasteiger partial charge >= 0.3 is 0 Å². The number of rotatable bonds is 1. The van der Waals surface area contributed by atoms with E-state index >= 15 is 0 Å². The van der Waals surface area contributed by atoms with Gasteiger partial charge in [0.05, 0.1) is 35.8 Å². The number of morpholine rings is 1. The number of benzene rings is 1. The van der Waals surface area contributed by atoms with Gasteiger partial charge in [0.15, 0.2) is 0 Å². The maximum absolute atomic E-state index is 5.99. The quantitative estimate of drug-likeness (QED) is 0.666. The van der Waals surface area contributed by atoms with Gasteiger partial charge in [-0.1, -0.05) is 6.07 Å². The van der Waals surface area contributed by atoms with Crippen LogP contribution in [0.3, 0.4) is 0 Å². The van der Waals surface area contributed by atoms with Crippen LogP contribution in [0.15, 0.2) is 18.2 Å². The van der Waals surface area contributed by atoms with E-state index in [9.17, 15) is 0 Å². The highest BCUT2D eigenvalue weighted by Gasteiger charge is 2.39. The molecule has 3 rings (SSSR count). The molecule has 2 fully saturated rings. The molecule has 0 amide bonds. The van der Waals surface area contributed by atoms with E-state index < -0.39 is 0 Å². The van der Waals surface area contributed by atoms with E-state index in [-0.39, 0.29) is 0 Å². The van der Waals surface area contributed by atoms with Crippen LogP contribution in [0.4, 0.5) is 17.1 Å². The first-order valence-corrected chi connectivity index (χ1v) is 5.28. The summed E-state index contributed by atoms with van der Waals surface area (Å²) in [5, 5.41) is 0. The van der Waals surface area contributed by atoms with Crippen LogP contribution in [-0.2, 0) is 4.74 Å². The first-order valence-electron chi connectivity index (χ1n) is 5.28. The van der Waals surface area contributed by atoms with Gasteiger partial charge in [0.2, 0.25) is 0 Å². The third-order valence-corrected chi connectivity index (χ3v) is 3.33. The molecule has 4 nitrogen and oxygen atoms in total. The van der Waals surface area contributed by atoms with Crippen molar-refractivity contribution in [2.24, 2.45) is 0 Å². The fourth-order valence-electron chi connectivity index (χ4n) is 2.52. The van der Waals surface area contributed by atoms with Gasteiger partial charge in [0.1, 0.15) is 0 Å². The zero-order chi connectivity index (χ0) is 10.4. The maximum Gasteiger partial charge on any atom is 0.0785 e. The molecule has 2 aliphatic rings. The lowest BCUT2D eigenvalue weighted by Gasteiger charge is -2.30. The van der Waals surface area contributed by atoms with Crippen molar-refractivity contribution >= 4 is 17.1 Å². The first-order chi connectivity index (χ1) is 7.25. The summed E-state index contributed by atoms with van der Waals surface area (Å²) in [7, 11) is 0. The lowest BCUT2D eigenvalue weighted by atomic mass is 10.2.